The summed E-state index contributed by atoms with van der Waals surface area (Å²) in [5, 5.41) is 0.575. The van der Waals surface area contributed by atoms with Gasteiger partial charge < -0.3 is 11.5 Å². The molecule has 1 heterocycles. The molecule has 0 aliphatic rings. The molecule has 0 radical (unpaired) electrons. The van der Waals surface area contributed by atoms with Crippen LogP contribution < -0.4 is 11.5 Å². The highest BCUT2D eigenvalue weighted by Crippen LogP contribution is 2.24. The lowest BCUT2D eigenvalue weighted by Crippen LogP contribution is -2.15. The fourth-order valence-electron chi connectivity index (χ4n) is 1.45. The summed E-state index contributed by atoms with van der Waals surface area (Å²) in [4.78, 5) is 8.50. The topological polar surface area (TPSA) is 77.3 Å². The lowest BCUT2D eigenvalue weighted by atomic mass is 10.2. The molecule has 0 saturated heterocycles. The SMILES string of the molecule is CC(C)N=C(N)c1ccc2nc(N)sc2c1.Cl. The van der Waals surface area contributed by atoms with Gasteiger partial charge in [-0.25, -0.2) is 4.98 Å². The Morgan fingerprint density at radius 2 is 2.12 bits per heavy atom. The highest BCUT2D eigenvalue weighted by atomic mass is 35.5. The molecule has 92 valence electrons. The lowest BCUT2D eigenvalue weighted by Gasteiger charge is -2.02. The van der Waals surface area contributed by atoms with Gasteiger partial charge in [-0.3, -0.25) is 4.99 Å². The van der Waals surface area contributed by atoms with Gasteiger partial charge in [0.2, 0.25) is 0 Å². The second kappa shape index (κ2) is 5.33. The van der Waals surface area contributed by atoms with Crippen LogP contribution in [0.25, 0.3) is 10.2 Å². The first kappa shape index (κ1) is 13.7. The molecule has 4 nitrogen and oxygen atoms in total. The molecule has 1 aromatic carbocycles. The highest BCUT2D eigenvalue weighted by Gasteiger charge is 2.04. The number of rotatable bonds is 2. The predicted molar refractivity (Wildman–Crippen MR) is 77.1 cm³/mol. The molecule has 2 aromatic rings. The summed E-state index contributed by atoms with van der Waals surface area (Å²) in [5.41, 5.74) is 13.4. The third kappa shape index (κ3) is 3.08. The van der Waals surface area contributed by atoms with Crippen LogP contribution in [0.5, 0.6) is 0 Å². The second-order valence-corrected chi connectivity index (χ2v) is 4.90. The molecule has 4 N–H and O–H groups in total. The quantitative estimate of drug-likeness (QED) is 0.650. The minimum absolute atomic E-state index is 0. The van der Waals surface area contributed by atoms with Crippen LogP contribution in [0.15, 0.2) is 23.2 Å². The van der Waals surface area contributed by atoms with Gasteiger partial charge >= 0.3 is 0 Å². The molecule has 0 aliphatic heterocycles. The minimum atomic E-state index is 0. The predicted octanol–water partition coefficient (Wildman–Crippen LogP) is 2.41. The molecule has 2 rings (SSSR count). The number of nitrogens with zero attached hydrogens (tertiary/aromatic N) is 2. The van der Waals surface area contributed by atoms with Gasteiger partial charge in [0, 0.05) is 11.6 Å². The molecule has 1 aromatic heterocycles. The summed E-state index contributed by atoms with van der Waals surface area (Å²) in [5.74, 6) is 0.559. The smallest absolute Gasteiger partial charge is 0.181 e. The third-order valence-electron chi connectivity index (χ3n) is 2.10. The summed E-state index contributed by atoms with van der Waals surface area (Å²) in [6, 6.07) is 6.01. The molecule has 6 heteroatoms. The molecule has 17 heavy (non-hydrogen) atoms. The van der Waals surface area contributed by atoms with Crippen LogP contribution in [0.1, 0.15) is 19.4 Å². The molecule has 0 spiro atoms. The Kier molecular flexibility index (Phi) is 4.31. The van der Waals surface area contributed by atoms with Gasteiger partial charge in [-0.1, -0.05) is 11.3 Å². The normalized spacial score (nSPS) is 11.8. The average molecular weight is 271 g/mol. The maximum absolute atomic E-state index is 5.90. The van der Waals surface area contributed by atoms with Crippen molar-refractivity contribution in [1.29, 1.82) is 0 Å². The zero-order valence-electron chi connectivity index (χ0n) is 9.68. The van der Waals surface area contributed by atoms with Crippen molar-refractivity contribution in [3.05, 3.63) is 23.8 Å². The Morgan fingerprint density at radius 3 is 2.76 bits per heavy atom. The van der Waals surface area contributed by atoms with Crippen LogP contribution in [-0.4, -0.2) is 16.9 Å². The lowest BCUT2D eigenvalue weighted by molar-refractivity contribution is 0.834. The van der Waals surface area contributed by atoms with Crippen LogP contribution >= 0.6 is 23.7 Å². The van der Waals surface area contributed by atoms with Crippen molar-refractivity contribution < 1.29 is 0 Å². The summed E-state index contributed by atoms with van der Waals surface area (Å²) >= 11 is 1.46. The van der Waals surface area contributed by atoms with E-state index < -0.39 is 0 Å². The number of aliphatic imine (C=N–C) groups is 1. The molecule has 0 aliphatic carbocycles. The first-order valence-electron chi connectivity index (χ1n) is 5.06. The van der Waals surface area contributed by atoms with E-state index in [2.05, 4.69) is 9.98 Å². The maximum Gasteiger partial charge on any atom is 0.181 e. The van der Waals surface area contributed by atoms with E-state index in [9.17, 15) is 0 Å². The van der Waals surface area contributed by atoms with E-state index in [1.807, 2.05) is 32.0 Å². The van der Waals surface area contributed by atoms with Crippen LogP contribution in [0.4, 0.5) is 5.13 Å². The van der Waals surface area contributed by atoms with Crippen LogP contribution in [0, 0.1) is 0 Å². The summed E-state index contributed by atoms with van der Waals surface area (Å²) < 4.78 is 1.04. The first-order chi connectivity index (χ1) is 7.56. The van der Waals surface area contributed by atoms with Gasteiger partial charge in [-0.15, -0.1) is 12.4 Å². The van der Waals surface area contributed by atoms with E-state index in [4.69, 9.17) is 11.5 Å². The number of aromatic nitrogens is 1. The van der Waals surface area contributed by atoms with Crippen LogP contribution in [-0.2, 0) is 0 Å². The molecule has 0 atom stereocenters. The maximum atomic E-state index is 5.90. The fourth-order valence-corrected chi connectivity index (χ4v) is 2.23. The molecule has 0 fully saturated rings. The summed E-state index contributed by atoms with van der Waals surface area (Å²) in [6.45, 7) is 3.99. The Labute approximate surface area is 110 Å². The van der Waals surface area contributed by atoms with Crippen molar-refractivity contribution in [3.63, 3.8) is 0 Å². The van der Waals surface area contributed by atoms with E-state index in [0.717, 1.165) is 15.8 Å². The van der Waals surface area contributed by atoms with E-state index in [0.29, 0.717) is 11.0 Å². The van der Waals surface area contributed by atoms with Crippen molar-refractivity contribution in [2.45, 2.75) is 19.9 Å². The van der Waals surface area contributed by atoms with Crippen molar-refractivity contribution in [2.24, 2.45) is 10.7 Å². The number of anilines is 1. The summed E-state index contributed by atoms with van der Waals surface area (Å²) in [7, 11) is 0. The van der Waals surface area contributed by atoms with Crippen molar-refractivity contribution >= 4 is 44.9 Å². The Morgan fingerprint density at radius 1 is 1.41 bits per heavy atom. The molecule has 0 bridgehead atoms. The number of halogens is 1. The number of nitrogens with two attached hydrogens (primary N) is 2. The van der Waals surface area contributed by atoms with Gasteiger partial charge in [-0.05, 0) is 32.0 Å². The van der Waals surface area contributed by atoms with Crippen molar-refractivity contribution in [1.82, 2.24) is 4.98 Å². The minimum Gasteiger partial charge on any atom is -0.383 e. The standard InChI is InChI=1S/C11H14N4S.ClH/c1-6(2)14-10(12)7-3-4-8-9(5-7)16-11(13)15-8;/h3-6H,1-2H3,(H2,12,14)(H2,13,15);1H. The first-order valence-corrected chi connectivity index (χ1v) is 5.87. The van der Waals surface area contributed by atoms with Gasteiger partial charge in [0.1, 0.15) is 5.84 Å². The van der Waals surface area contributed by atoms with Crippen molar-refractivity contribution in [2.75, 3.05) is 5.73 Å². The number of nitrogen functional groups attached to an aromatic ring is 1. The van der Waals surface area contributed by atoms with E-state index >= 15 is 0 Å². The Hall–Kier alpha value is -1.33. The second-order valence-electron chi connectivity index (χ2n) is 3.84. The summed E-state index contributed by atoms with van der Waals surface area (Å²) in [6.07, 6.45) is 0. The Bertz CT molecular complexity index is 547. The zero-order valence-corrected chi connectivity index (χ0v) is 11.3. The monoisotopic (exact) mass is 270 g/mol. The van der Waals surface area contributed by atoms with Crippen LogP contribution in [0.2, 0.25) is 0 Å². The van der Waals surface area contributed by atoms with Gasteiger partial charge in [0.05, 0.1) is 10.2 Å². The van der Waals surface area contributed by atoms with Crippen LogP contribution in [0.3, 0.4) is 0 Å². The fraction of sp³-hybridized carbons (Fsp3) is 0.273. The largest absolute Gasteiger partial charge is 0.383 e. The number of hydrogen-bond acceptors (Lipinski definition) is 4. The number of thiazole rings is 1. The molecular formula is C11H15ClN4S. The molecular weight excluding hydrogens is 256 g/mol. The van der Waals surface area contributed by atoms with Gasteiger partial charge in [0.15, 0.2) is 5.13 Å². The van der Waals surface area contributed by atoms with Gasteiger partial charge in [-0.2, -0.15) is 0 Å². The number of amidine groups is 1. The molecule has 0 saturated carbocycles. The highest BCUT2D eigenvalue weighted by molar-refractivity contribution is 7.22. The van der Waals surface area contributed by atoms with E-state index in [1.165, 1.54) is 11.3 Å². The zero-order chi connectivity index (χ0) is 11.7. The van der Waals surface area contributed by atoms with E-state index in [1.54, 1.807) is 0 Å². The number of hydrogen-bond donors (Lipinski definition) is 2. The third-order valence-corrected chi connectivity index (χ3v) is 2.95. The van der Waals surface area contributed by atoms with Gasteiger partial charge in [0.25, 0.3) is 0 Å². The molecule has 0 amide bonds. The average Bonchev–Trinajstić information content (AvgIpc) is 2.55. The number of fused-ring (bicyclic) bond motifs is 1. The number of benzene rings is 1. The molecule has 0 unspecified atom stereocenters. The van der Waals surface area contributed by atoms with Crippen molar-refractivity contribution in [3.8, 4) is 0 Å². The Balaban J connectivity index is 0.00000144. The van der Waals surface area contributed by atoms with E-state index in [-0.39, 0.29) is 18.4 Å².